The molecule has 0 bridgehead atoms. The van der Waals surface area contributed by atoms with Crippen molar-refractivity contribution in [1.29, 1.82) is 0 Å². The Kier molecular flexibility index (Phi) is 3.00. The Bertz CT molecular complexity index is 258. The molecule has 72 valence electrons. The number of hydrogen-bond acceptors (Lipinski definition) is 3. The zero-order valence-electron chi connectivity index (χ0n) is 7.54. The van der Waals surface area contributed by atoms with Crippen LogP contribution in [0.2, 0.25) is 0 Å². The first-order chi connectivity index (χ1) is 6.15. The minimum atomic E-state index is -1.00. The van der Waals surface area contributed by atoms with E-state index in [1.54, 1.807) is 0 Å². The number of nitrogens with zero attached hydrogens (tertiary/aromatic N) is 1. The van der Waals surface area contributed by atoms with Crippen LogP contribution in [0.4, 0.5) is 0 Å². The molecule has 5 heteroatoms. The second-order valence-electron chi connectivity index (χ2n) is 3.05. The fourth-order valence-corrected chi connectivity index (χ4v) is 1.24. The maximum absolute atomic E-state index is 10.7. The van der Waals surface area contributed by atoms with Crippen LogP contribution in [0.3, 0.4) is 0 Å². The first-order valence-corrected chi connectivity index (χ1v) is 4.31. The van der Waals surface area contributed by atoms with Gasteiger partial charge in [-0.15, -0.1) is 0 Å². The van der Waals surface area contributed by atoms with Gasteiger partial charge in [-0.3, -0.25) is 9.59 Å². The van der Waals surface area contributed by atoms with E-state index in [-0.39, 0.29) is 0 Å². The third-order valence-electron chi connectivity index (χ3n) is 2.24. The number of carbonyl (C=O) groups excluding carboxylic acids is 2. The van der Waals surface area contributed by atoms with Crippen molar-refractivity contribution >= 4 is 17.5 Å². The van der Waals surface area contributed by atoms with Gasteiger partial charge in [-0.25, -0.2) is 5.43 Å². The number of primary amides is 1. The molecule has 0 heterocycles. The van der Waals surface area contributed by atoms with E-state index in [0.717, 1.165) is 25.0 Å². The first-order valence-electron chi connectivity index (χ1n) is 4.31. The monoisotopic (exact) mass is 183 g/mol. The Hall–Kier alpha value is -1.39. The predicted molar refractivity (Wildman–Crippen MR) is 47.8 cm³/mol. The van der Waals surface area contributed by atoms with Gasteiger partial charge in [0.05, 0.1) is 0 Å². The molecule has 0 aromatic rings. The van der Waals surface area contributed by atoms with Crippen molar-refractivity contribution in [1.82, 2.24) is 5.43 Å². The average molecular weight is 183 g/mol. The van der Waals surface area contributed by atoms with Gasteiger partial charge in [0.25, 0.3) is 0 Å². The van der Waals surface area contributed by atoms with Gasteiger partial charge < -0.3 is 5.73 Å². The second kappa shape index (κ2) is 4.02. The number of hydrogen-bond donors (Lipinski definition) is 2. The van der Waals surface area contributed by atoms with E-state index >= 15 is 0 Å². The van der Waals surface area contributed by atoms with E-state index in [1.165, 1.54) is 0 Å². The smallest absolute Gasteiger partial charge is 0.329 e. The van der Waals surface area contributed by atoms with Gasteiger partial charge in [-0.05, 0) is 25.2 Å². The van der Waals surface area contributed by atoms with E-state index in [0.29, 0.717) is 5.92 Å². The molecule has 2 amide bonds. The maximum Gasteiger partial charge on any atom is 0.329 e. The zero-order valence-corrected chi connectivity index (χ0v) is 7.54. The van der Waals surface area contributed by atoms with Crippen molar-refractivity contribution in [3.63, 3.8) is 0 Å². The lowest BCUT2D eigenvalue weighted by Gasteiger charge is -2.26. The summed E-state index contributed by atoms with van der Waals surface area (Å²) < 4.78 is 0. The number of nitrogens with two attached hydrogens (primary N) is 1. The van der Waals surface area contributed by atoms with Crippen LogP contribution in [0, 0.1) is 5.92 Å². The third-order valence-corrected chi connectivity index (χ3v) is 2.24. The summed E-state index contributed by atoms with van der Waals surface area (Å²) in [5, 5.41) is 3.82. The summed E-state index contributed by atoms with van der Waals surface area (Å²) in [5.41, 5.74) is 7.81. The Morgan fingerprint density at radius 1 is 1.69 bits per heavy atom. The van der Waals surface area contributed by atoms with Crippen LogP contribution in [0.15, 0.2) is 5.10 Å². The largest absolute Gasteiger partial charge is 0.361 e. The zero-order chi connectivity index (χ0) is 9.84. The Morgan fingerprint density at radius 2 is 2.38 bits per heavy atom. The highest BCUT2D eigenvalue weighted by atomic mass is 16.2. The van der Waals surface area contributed by atoms with Crippen LogP contribution in [0.1, 0.15) is 26.2 Å². The summed E-state index contributed by atoms with van der Waals surface area (Å²) in [6.45, 7) is 2.06. The highest BCUT2D eigenvalue weighted by Crippen LogP contribution is 2.26. The molecule has 1 aliphatic carbocycles. The van der Waals surface area contributed by atoms with E-state index in [1.807, 2.05) is 0 Å². The van der Waals surface area contributed by atoms with Crippen LogP contribution < -0.4 is 11.2 Å². The van der Waals surface area contributed by atoms with Crippen LogP contribution in [0.5, 0.6) is 0 Å². The van der Waals surface area contributed by atoms with Gasteiger partial charge >= 0.3 is 11.8 Å². The SMILES string of the molecule is CCC1CC/C1=N\NC(=O)C(N)=O. The van der Waals surface area contributed by atoms with Crippen LogP contribution in [-0.4, -0.2) is 17.5 Å². The molecule has 1 fully saturated rings. The lowest BCUT2D eigenvalue weighted by Crippen LogP contribution is -2.36. The lowest BCUT2D eigenvalue weighted by atomic mass is 9.81. The average Bonchev–Trinajstić information content (AvgIpc) is 2.03. The van der Waals surface area contributed by atoms with Gasteiger partial charge in [0.1, 0.15) is 0 Å². The van der Waals surface area contributed by atoms with Gasteiger partial charge in [0.15, 0.2) is 0 Å². The molecule has 1 aliphatic rings. The topological polar surface area (TPSA) is 84.6 Å². The molecule has 13 heavy (non-hydrogen) atoms. The van der Waals surface area contributed by atoms with E-state index in [9.17, 15) is 9.59 Å². The number of hydrazone groups is 1. The molecule has 1 unspecified atom stereocenters. The summed E-state index contributed by atoms with van der Waals surface area (Å²) in [7, 11) is 0. The molecular weight excluding hydrogens is 170 g/mol. The summed E-state index contributed by atoms with van der Waals surface area (Å²) in [6, 6.07) is 0. The minimum Gasteiger partial charge on any atom is -0.361 e. The molecule has 0 saturated heterocycles. The molecule has 0 aromatic heterocycles. The molecule has 1 rings (SSSR count). The third kappa shape index (κ3) is 2.27. The van der Waals surface area contributed by atoms with Gasteiger partial charge in [0.2, 0.25) is 0 Å². The van der Waals surface area contributed by atoms with Crippen molar-refractivity contribution in [2.24, 2.45) is 16.8 Å². The first kappa shape index (κ1) is 9.70. The normalized spacial score (nSPS) is 23.8. The van der Waals surface area contributed by atoms with Crippen molar-refractivity contribution in [2.75, 3.05) is 0 Å². The number of rotatable bonds is 2. The van der Waals surface area contributed by atoms with E-state index in [2.05, 4.69) is 17.5 Å². The maximum atomic E-state index is 10.7. The summed E-state index contributed by atoms with van der Waals surface area (Å²) in [6.07, 6.45) is 3.03. The Balaban J connectivity index is 2.40. The minimum absolute atomic E-state index is 0.466. The van der Waals surface area contributed by atoms with E-state index in [4.69, 9.17) is 5.73 Å². The summed E-state index contributed by atoms with van der Waals surface area (Å²) >= 11 is 0. The molecule has 0 radical (unpaired) electrons. The fraction of sp³-hybridized carbons (Fsp3) is 0.625. The Morgan fingerprint density at radius 3 is 2.77 bits per heavy atom. The fourth-order valence-electron chi connectivity index (χ4n) is 1.24. The number of carbonyl (C=O) groups is 2. The van der Waals surface area contributed by atoms with Crippen molar-refractivity contribution in [3.8, 4) is 0 Å². The highest BCUT2D eigenvalue weighted by molar-refractivity contribution is 6.34. The molecular formula is C8H13N3O2. The van der Waals surface area contributed by atoms with Crippen molar-refractivity contribution in [2.45, 2.75) is 26.2 Å². The van der Waals surface area contributed by atoms with E-state index < -0.39 is 11.8 Å². The van der Waals surface area contributed by atoms with Crippen molar-refractivity contribution < 1.29 is 9.59 Å². The van der Waals surface area contributed by atoms with Crippen molar-refractivity contribution in [3.05, 3.63) is 0 Å². The number of amides is 2. The molecule has 0 aliphatic heterocycles. The molecule has 0 spiro atoms. The molecule has 3 N–H and O–H groups in total. The second-order valence-corrected chi connectivity index (χ2v) is 3.05. The predicted octanol–water partition coefficient (Wildman–Crippen LogP) is -0.236. The van der Waals surface area contributed by atoms with Crippen LogP contribution in [-0.2, 0) is 9.59 Å². The number of nitrogens with one attached hydrogen (secondary N) is 1. The molecule has 1 saturated carbocycles. The standard InChI is InChI=1S/C8H13N3O2/c1-2-5-3-4-6(5)10-11-8(13)7(9)12/h5H,2-4H2,1H3,(H2,9,12)(H,11,13)/b10-6+. The van der Waals surface area contributed by atoms with Gasteiger partial charge in [-0.1, -0.05) is 6.92 Å². The van der Waals surface area contributed by atoms with Crippen LogP contribution in [0.25, 0.3) is 0 Å². The molecule has 1 atom stereocenters. The summed E-state index contributed by atoms with van der Waals surface area (Å²) in [4.78, 5) is 21.0. The molecule has 0 aromatic carbocycles. The lowest BCUT2D eigenvalue weighted by molar-refractivity contribution is -0.137. The highest BCUT2D eigenvalue weighted by Gasteiger charge is 2.24. The quantitative estimate of drug-likeness (QED) is 0.457. The Labute approximate surface area is 76.4 Å². The van der Waals surface area contributed by atoms with Gasteiger partial charge in [0, 0.05) is 5.71 Å². The van der Waals surface area contributed by atoms with Crippen LogP contribution >= 0.6 is 0 Å². The van der Waals surface area contributed by atoms with Gasteiger partial charge in [-0.2, -0.15) is 5.10 Å². The molecule has 5 nitrogen and oxygen atoms in total. The summed E-state index contributed by atoms with van der Waals surface area (Å²) in [5.74, 6) is -1.39.